The first kappa shape index (κ1) is 18.9. The van der Waals surface area contributed by atoms with Gasteiger partial charge in [0.15, 0.2) is 0 Å². The van der Waals surface area contributed by atoms with Crippen LogP contribution in [0.25, 0.3) is 0 Å². The van der Waals surface area contributed by atoms with Crippen molar-refractivity contribution in [2.45, 2.75) is 19.0 Å². The highest BCUT2D eigenvalue weighted by Gasteiger charge is 2.25. The van der Waals surface area contributed by atoms with Gasteiger partial charge in [0.1, 0.15) is 6.04 Å². The van der Waals surface area contributed by atoms with E-state index in [1.54, 1.807) is 35.4 Å². The van der Waals surface area contributed by atoms with Gasteiger partial charge in [-0.3, -0.25) is 9.59 Å². The molecule has 4 nitrogen and oxygen atoms in total. The number of carbonyl (C=O) groups is 2. The van der Waals surface area contributed by atoms with Gasteiger partial charge < -0.3 is 10.2 Å². The van der Waals surface area contributed by atoms with Crippen molar-refractivity contribution in [2.75, 3.05) is 7.05 Å². The molecular formula is C22H22N2O2S. The minimum Gasteiger partial charge on any atom is -0.340 e. The van der Waals surface area contributed by atoms with Crippen molar-refractivity contribution < 1.29 is 9.59 Å². The second-order valence-electron chi connectivity index (χ2n) is 6.36. The first-order valence-electron chi connectivity index (χ1n) is 8.80. The minimum absolute atomic E-state index is 0.100. The van der Waals surface area contributed by atoms with E-state index in [-0.39, 0.29) is 11.8 Å². The molecule has 0 aliphatic heterocycles. The number of hydrogen-bond acceptors (Lipinski definition) is 3. The molecule has 1 N–H and O–H groups in total. The van der Waals surface area contributed by atoms with Crippen molar-refractivity contribution in [1.82, 2.24) is 10.2 Å². The monoisotopic (exact) mass is 378 g/mol. The van der Waals surface area contributed by atoms with Crippen LogP contribution in [0.4, 0.5) is 0 Å². The first-order valence-corrected chi connectivity index (χ1v) is 9.68. The summed E-state index contributed by atoms with van der Waals surface area (Å²) in [5.74, 6) is -0.342. The Morgan fingerprint density at radius 1 is 0.963 bits per heavy atom. The van der Waals surface area contributed by atoms with Gasteiger partial charge in [-0.15, -0.1) is 11.3 Å². The summed E-state index contributed by atoms with van der Waals surface area (Å²) in [5.41, 5.74) is 1.55. The van der Waals surface area contributed by atoms with Crippen molar-refractivity contribution in [3.8, 4) is 0 Å². The summed E-state index contributed by atoms with van der Waals surface area (Å²) < 4.78 is 0. The second-order valence-corrected chi connectivity index (χ2v) is 7.39. The molecule has 0 aliphatic carbocycles. The van der Waals surface area contributed by atoms with Crippen LogP contribution in [0.3, 0.4) is 0 Å². The van der Waals surface area contributed by atoms with Crippen LogP contribution in [0, 0.1) is 0 Å². The Morgan fingerprint density at radius 2 is 1.63 bits per heavy atom. The molecule has 2 aromatic carbocycles. The van der Waals surface area contributed by atoms with E-state index in [9.17, 15) is 9.59 Å². The summed E-state index contributed by atoms with van der Waals surface area (Å²) in [5, 5.41) is 4.91. The lowest BCUT2D eigenvalue weighted by atomic mass is 10.0. The van der Waals surface area contributed by atoms with E-state index in [0.717, 1.165) is 10.4 Å². The molecule has 5 heteroatoms. The second kappa shape index (κ2) is 9.14. The quantitative estimate of drug-likeness (QED) is 0.681. The highest BCUT2D eigenvalue weighted by atomic mass is 32.1. The zero-order chi connectivity index (χ0) is 19.1. The van der Waals surface area contributed by atoms with Gasteiger partial charge in [0.05, 0.1) is 6.54 Å². The summed E-state index contributed by atoms with van der Waals surface area (Å²) in [4.78, 5) is 28.4. The number of amides is 2. The number of hydrogen-bond donors (Lipinski definition) is 1. The molecule has 3 aromatic rings. The lowest BCUT2D eigenvalue weighted by Gasteiger charge is -2.24. The maximum atomic E-state index is 13.1. The standard InChI is InChI=1S/C22H22N2O2S/c1-24(16-19-13-8-14-27-19)22(26)20(15-17-9-4-2-5-10-17)23-21(25)18-11-6-3-7-12-18/h2-14,20H,15-16H2,1H3,(H,23,25)/t20-/m0/s1. The first-order chi connectivity index (χ1) is 13.1. The van der Waals surface area contributed by atoms with Gasteiger partial charge >= 0.3 is 0 Å². The van der Waals surface area contributed by atoms with E-state index in [2.05, 4.69) is 5.32 Å². The number of nitrogens with zero attached hydrogens (tertiary/aromatic N) is 1. The molecule has 0 saturated heterocycles. The van der Waals surface area contributed by atoms with E-state index < -0.39 is 6.04 Å². The van der Waals surface area contributed by atoms with Crippen molar-refractivity contribution in [2.24, 2.45) is 0 Å². The Labute approximate surface area is 163 Å². The Kier molecular flexibility index (Phi) is 6.39. The summed E-state index contributed by atoms with van der Waals surface area (Å²) in [6.45, 7) is 0.531. The third-order valence-electron chi connectivity index (χ3n) is 4.27. The number of rotatable bonds is 7. The molecule has 0 bridgehead atoms. The Morgan fingerprint density at radius 3 is 2.26 bits per heavy atom. The molecular weight excluding hydrogens is 356 g/mol. The molecule has 1 aromatic heterocycles. The molecule has 27 heavy (non-hydrogen) atoms. The highest BCUT2D eigenvalue weighted by molar-refractivity contribution is 7.09. The Hall–Kier alpha value is -2.92. The van der Waals surface area contributed by atoms with Crippen LogP contribution in [0.1, 0.15) is 20.8 Å². The molecule has 0 radical (unpaired) electrons. The number of likely N-dealkylation sites (N-methyl/N-ethyl adjacent to an activating group) is 1. The number of carbonyl (C=O) groups excluding carboxylic acids is 2. The van der Waals surface area contributed by atoms with Crippen molar-refractivity contribution in [3.63, 3.8) is 0 Å². The molecule has 0 saturated carbocycles. The number of thiophene rings is 1. The molecule has 1 heterocycles. The van der Waals surface area contributed by atoms with Crippen LogP contribution in [0.15, 0.2) is 78.2 Å². The normalized spacial score (nSPS) is 11.6. The lowest BCUT2D eigenvalue weighted by Crippen LogP contribution is -2.48. The van der Waals surface area contributed by atoms with Crippen LogP contribution in [-0.2, 0) is 17.8 Å². The van der Waals surface area contributed by atoms with E-state index in [1.807, 2.05) is 66.0 Å². The molecule has 138 valence electrons. The molecule has 0 spiro atoms. The van der Waals surface area contributed by atoms with Gasteiger partial charge in [0.25, 0.3) is 5.91 Å². The van der Waals surface area contributed by atoms with Crippen LogP contribution in [0.2, 0.25) is 0 Å². The summed E-state index contributed by atoms with van der Waals surface area (Å²) in [6, 6.07) is 22.1. The molecule has 0 aliphatic rings. The topological polar surface area (TPSA) is 49.4 Å². The van der Waals surface area contributed by atoms with Crippen LogP contribution in [-0.4, -0.2) is 29.8 Å². The van der Waals surface area contributed by atoms with Gasteiger partial charge in [0.2, 0.25) is 5.91 Å². The van der Waals surface area contributed by atoms with Gasteiger partial charge in [0, 0.05) is 23.9 Å². The van der Waals surface area contributed by atoms with Gasteiger partial charge in [-0.25, -0.2) is 0 Å². The highest BCUT2D eigenvalue weighted by Crippen LogP contribution is 2.13. The van der Waals surface area contributed by atoms with Crippen LogP contribution in [0.5, 0.6) is 0 Å². The smallest absolute Gasteiger partial charge is 0.251 e. The maximum absolute atomic E-state index is 13.1. The summed E-state index contributed by atoms with van der Waals surface area (Å²) in [6.07, 6.45) is 0.451. The molecule has 3 rings (SSSR count). The van der Waals surface area contributed by atoms with E-state index in [1.165, 1.54) is 0 Å². The maximum Gasteiger partial charge on any atom is 0.251 e. The number of benzene rings is 2. The largest absolute Gasteiger partial charge is 0.340 e. The zero-order valence-electron chi connectivity index (χ0n) is 15.2. The minimum atomic E-state index is -0.620. The SMILES string of the molecule is CN(Cc1cccs1)C(=O)[C@H](Cc1ccccc1)NC(=O)c1ccccc1. The van der Waals surface area contributed by atoms with E-state index >= 15 is 0 Å². The third-order valence-corrected chi connectivity index (χ3v) is 5.13. The van der Waals surface area contributed by atoms with Crippen molar-refractivity contribution >= 4 is 23.2 Å². The fourth-order valence-electron chi connectivity index (χ4n) is 2.86. The van der Waals surface area contributed by atoms with Crippen molar-refractivity contribution in [3.05, 3.63) is 94.2 Å². The average Bonchev–Trinajstić information content (AvgIpc) is 3.21. The molecule has 0 unspecified atom stereocenters. The zero-order valence-corrected chi connectivity index (χ0v) is 16.0. The van der Waals surface area contributed by atoms with E-state index in [4.69, 9.17) is 0 Å². The predicted octanol–water partition coefficient (Wildman–Crippen LogP) is 3.75. The molecule has 0 fully saturated rings. The van der Waals surface area contributed by atoms with Crippen LogP contribution < -0.4 is 5.32 Å². The predicted molar refractivity (Wildman–Crippen MR) is 109 cm³/mol. The van der Waals surface area contributed by atoms with Gasteiger partial charge in [-0.2, -0.15) is 0 Å². The Balaban J connectivity index is 1.76. The Bertz CT molecular complexity index is 864. The summed E-state index contributed by atoms with van der Waals surface area (Å²) in [7, 11) is 1.77. The molecule has 1 atom stereocenters. The fraction of sp³-hybridized carbons (Fsp3) is 0.182. The third kappa shape index (κ3) is 5.28. The van der Waals surface area contributed by atoms with Crippen LogP contribution >= 0.6 is 11.3 Å². The lowest BCUT2D eigenvalue weighted by molar-refractivity contribution is -0.132. The number of nitrogens with one attached hydrogen (secondary N) is 1. The summed E-state index contributed by atoms with van der Waals surface area (Å²) >= 11 is 1.61. The van der Waals surface area contributed by atoms with Gasteiger partial charge in [-0.1, -0.05) is 54.6 Å². The van der Waals surface area contributed by atoms with Crippen molar-refractivity contribution in [1.29, 1.82) is 0 Å². The average molecular weight is 378 g/mol. The van der Waals surface area contributed by atoms with E-state index in [0.29, 0.717) is 18.5 Å². The fourth-order valence-corrected chi connectivity index (χ4v) is 3.62. The molecule has 2 amide bonds. The van der Waals surface area contributed by atoms with Gasteiger partial charge in [-0.05, 0) is 29.1 Å².